The molecule has 22 heavy (non-hydrogen) atoms. The Hall–Kier alpha value is -2.80. The molecule has 0 amide bonds. The average molecular weight is 314 g/mol. The van der Waals surface area contributed by atoms with E-state index >= 15 is 0 Å². The Kier molecular flexibility index (Phi) is 5.16. The number of anilines is 1. The van der Waals surface area contributed by atoms with Gasteiger partial charge in [0.1, 0.15) is 5.69 Å². The summed E-state index contributed by atoms with van der Waals surface area (Å²) in [5.74, 6) is 0. The Balaban J connectivity index is 2.00. The molecule has 0 aromatic heterocycles. The van der Waals surface area contributed by atoms with Crippen LogP contribution in [0.15, 0.2) is 53.6 Å². The highest BCUT2D eigenvalue weighted by molar-refractivity contribution is 7.80. The number of nitrogens with one attached hydrogen (secondary N) is 2. The molecule has 0 spiro atoms. The minimum atomic E-state index is -0.471. The number of hydrogen-bond donors (Lipinski definition) is 2. The second-order valence-electron chi connectivity index (χ2n) is 4.45. The predicted octanol–water partition coefficient (Wildman–Crippen LogP) is 3.22. The highest BCUT2D eigenvalue weighted by Crippen LogP contribution is 2.22. The van der Waals surface area contributed by atoms with Gasteiger partial charge in [-0.3, -0.25) is 15.5 Å². The Bertz CT molecular complexity index is 731. The molecule has 2 aromatic rings. The summed E-state index contributed by atoms with van der Waals surface area (Å²) in [5.41, 5.74) is 4.96. The van der Waals surface area contributed by atoms with Crippen molar-refractivity contribution < 1.29 is 4.92 Å². The van der Waals surface area contributed by atoms with E-state index in [1.807, 2.05) is 31.2 Å². The van der Waals surface area contributed by atoms with E-state index in [-0.39, 0.29) is 10.8 Å². The van der Waals surface area contributed by atoms with Crippen molar-refractivity contribution in [1.82, 2.24) is 5.43 Å². The number of para-hydroxylation sites is 2. The number of rotatable bonds is 4. The second-order valence-corrected chi connectivity index (χ2v) is 4.86. The van der Waals surface area contributed by atoms with E-state index in [2.05, 4.69) is 15.8 Å². The van der Waals surface area contributed by atoms with Crippen molar-refractivity contribution in [3.8, 4) is 0 Å². The van der Waals surface area contributed by atoms with E-state index in [9.17, 15) is 10.1 Å². The maximum Gasteiger partial charge on any atom is 0.292 e. The zero-order valence-electron chi connectivity index (χ0n) is 11.8. The highest BCUT2D eigenvalue weighted by Gasteiger charge is 2.12. The molecule has 2 N–H and O–H groups in total. The van der Waals surface area contributed by atoms with Gasteiger partial charge < -0.3 is 5.32 Å². The molecule has 7 heteroatoms. The second kappa shape index (κ2) is 7.28. The van der Waals surface area contributed by atoms with Crippen LogP contribution in [0.25, 0.3) is 0 Å². The van der Waals surface area contributed by atoms with Crippen LogP contribution in [0.4, 0.5) is 11.4 Å². The first kappa shape index (κ1) is 15.6. The van der Waals surface area contributed by atoms with Gasteiger partial charge in [-0.1, -0.05) is 36.4 Å². The average Bonchev–Trinajstić information content (AvgIpc) is 2.49. The number of nitro groups is 1. The van der Waals surface area contributed by atoms with Crippen molar-refractivity contribution in [2.45, 2.75) is 6.92 Å². The summed E-state index contributed by atoms with van der Waals surface area (Å²) in [5, 5.41) is 17.9. The van der Waals surface area contributed by atoms with Crippen LogP contribution in [0.1, 0.15) is 11.1 Å². The number of benzene rings is 2. The number of nitrogens with zero attached hydrogens (tertiary/aromatic N) is 2. The van der Waals surface area contributed by atoms with Gasteiger partial charge in [0.2, 0.25) is 0 Å². The van der Waals surface area contributed by atoms with Gasteiger partial charge in [0.25, 0.3) is 5.69 Å². The predicted molar refractivity (Wildman–Crippen MR) is 91.2 cm³/mol. The fourth-order valence-corrected chi connectivity index (χ4v) is 1.94. The van der Waals surface area contributed by atoms with E-state index < -0.39 is 4.92 Å². The number of hydrogen-bond acceptors (Lipinski definition) is 4. The van der Waals surface area contributed by atoms with Gasteiger partial charge >= 0.3 is 0 Å². The zero-order chi connectivity index (χ0) is 15.9. The minimum absolute atomic E-state index is 0.0467. The van der Waals surface area contributed by atoms with Crippen molar-refractivity contribution in [3.05, 3.63) is 69.8 Å². The summed E-state index contributed by atoms with van der Waals surface area (Å²) >= 11 is 5.07. The van der Waals surface area contributed by atoms with E-state index in [0.717, 1.165) is 11.1 Å². The first-order valence-corrected chi connectivity index (χ1v) is 6.88. The van der Waals surface area contributed by atoms with Crippen molar-refractivity contribution in [2.75, 3.05) is 5.32 Å². The van der Waals surface area contributed by atoms with Crippen molar-refractivity contribution in [3.63, 3.8) is 0 Å². The Morgan fingerprint density at radius 3 is 2.64 bits per heavy atom. The maximum absolute atomic E-state index is 10.9. The molecule has 0 aliphatic carbocycles. The molecule has 112 valence electrons. The van der Waals surface area contributed by atoms with Crippen LogP contribution in [0.3, 0.4) is 0 Å². The number of nitro benzene ring substituents is 1. The monoisotopic (exact) mass is 314 g/mol. The van der Waals surface area contributed by atoms with E-state index in [4.69, 9.17) is 12.2 Å². The molecule has 6 nitrogen and oxygen atoms in total. The lowest BCUT2D eigenvalue weighted by Crippen LogP contribution is -2.24. The fourth-order valence-electron chi connectivity index (χ4n) is 1.78. The molecular weight excluding hydrogens is 300 g/mol. The minimum Gasteiger partial charge on any atom is -0.326 e. The molecule has 0 saturated heterocycles. The van der Waals surface area contributed by atoms with Crippen LogP contribution in [-0.4, -0.2) is 16.3 Å². The first-order valence-electron chi connectivity index (χ1n) is 6.47. The molecule has 0 unspecified atom stereocenters. The lowest BCUT2D eigenvalue weighted by molar-refractivity contribution is -0.383. The van der Waals surface area contributed by atoms with Crippen molar-refractivity contribution in [2.24, 2.45) is 5.10 Å². The smallest absolute Gasteiger partial charge is 0.292 e. The Morgan fingerprint density at radius 2 is 1.91 bits per heavy atom. The molecule has 0 radical (unpaired) electrons. The zero-order valence-corrected chi connectivity index (χ0v) is 12.6. The van der Waals surface area contributed by atoms with Crippen molar-refractivity contribution in [1.29, 1.82) is 0 Å². The Labute approximate surface area is 133 Å². The van der Waals surface area contributed by atoms with Crippen LogP contribution in [0.5, 0.6) is 0 Å². The molecule has 2 aromatic carbocycles. The summed E-state index contributed by atoms with van der Waals surface area (Å²) in [7, 11) is 0. The van der Waals surface area contributed by atoms with Crippen molar-refractivity contribution >= 4 is 34.9 Å². The van der Waals surface area contributed by atoms with Crippen LogP contribution in [-0.2, 0) is 0 Å². The van der Waals surface area contributed by atoms with Gasteiger partial charge in [0.15, 0.2) is 5.11 Å². The summed E-state index contributed by atoms with van der Waals surface area (Å²) in [6.45, 7) is 1.98. The van der Waals surface area contributed by atoms with E-state index in [0.29, 0.717) is 5.69 Å². The maximum atomic E-state index is 10.9. The molecule has 0 aliphatic rings. The number of thiocarbonyl (C=S) groups is 1. The lowest BCUT2D eigenvalue weighted by Gasteiger charge is -2.07. The molecular formula is C15H14N4O2S. The lowest BCUT2D eigenvalue weighted by atomic mass is 10.1. The third kappa shape index (κ3) is 4.10. The van der Waals surface area contributed by atoms with Gasteiger partial charge in [-0.2, -0.15) is 5.10 Å². The van der Waals surface area contributed by atoms with Crippen LogP contribution in [0.2, 0.25) is 0 Å². The summed E-state index contributed by atoms with van der Waals surface area (Å²) in [4.78, 5) is 10.4. The standard InChI is InChI=1S/C15H14N4O2S/c1-11-6-2-3-7-12(11)10-16-18-15(22)17-13-8-4-5-9-14(13)19(20)21/h2-10H,1H3,(H2,17,18,22)/b16-10-. The summed E-state index contributed by atoms with van der Waals surface area (Å²) in [6.07, 6.45) is 1.64. The molecule has 0 heterocycles. The number of aryl methyl sites for hydroxylation is 1. The molecule has 0 aliphatic heterocycles. The topological polar surface area (TPSA) is 79.6 Å². The largest absolute Gasteiger partial charge is 0.326 e. The quantitative estimate of drug-likeness (QED) is 0.392. The van der Waals surface area contributed by atoms with Gasteiger partial charge in [0.05, 0.1) is 11.1 Å². The van der Waals surface area contributed by atoms with Gasteiger partial charge in [-0.15, -0.1) is 0 Å². The highest BCUT2D eigenvalue weighted by atomic mass is 32.1. The molecule has 0 fully saturated rings. The first-order chi connectivity index (χ1) is 10.6. The third-order valence-electron chi connectivity index (χ3n) is 2.91. The van der Waals surface area contributed by atoms with Crippen LogP contribution in [0, 0.1) is 17.0 Å². The molecule has 0 saturated carbocycles. The molecule has 0 atom stereocenters. The fraction of sp³-hybridized carbons (Fsp3) is 0.0667. The van der Waals surface area contributed by atoms with Crippen LogP contribution < -0.4 is 10.7 Å². The van der Waals surface area contributed by atoms with E-state index in [1.165, 1.54) is 6.07 Å². The Morgan fingerprint density at radius 1 is 1.23 bits per heavy atom. The summed E-state index contributed by atoms with van der Waals surface area (Å²) < 4.78 is 0. The molecule has 0 bridgehead atoms. The third-order valence-corrected chi connectivity index (χ3v) is 3.10. The van der Waals surface area contributed by atoms with Crippen LogP contribution >= 0.6 is 12.2 Å². The van der Waals surface area contributed by atoms with E-state index in [1.54, 1.807) is 24.4 Å². The van der Waals surface area contributed by atoms with Gasteiger partial charge in [0, 0.05) is 6.07 Å². The SMILES string of the molecule is Cc1ccccc1/C=N\NC(=S)Nc1ccccc1[N+](=O)[O-]. The van der Waals surface area contributed by atoms with Gasteiger partial charge in [-0.05, 0) is 36.3 Å². The van der Waals surface area contributed by atoms with Gasteiger partial charge in [-0.25, -0.2) is 0 Å². The normalized spacial score (nSPS) is 10.4. The number of hydrazone groups is 1. The summed E-state index contributed by atoms with van der Waals surface area (Å²) in [6, 6.07) is 14.0. The molecule has 2 rings (SSSR count).